The third kappa shape index (κ3) is 3.66. The maximum atomic E-state index is 6.11. The van der Waals surface area contributed by atoms with Gasteiger partial charge in [-0.1, -0.05) is 11.6 Å². The van der Waals surface area contributed by atoms with E-state index in [2.05, 4.69) is 20.2 Å². The third-order valence-electron chi connectivity index (χ3n) is 2.81. The van der Waals surface area contributed by atoms with Crippen LogP contribution in [0.25, 0.3) is 0 Å². The van der Waals surface area contributed by atoms with Crippen molar-refractivity contribution in [2.45, 2.75) is 13.1 Å². The van der Waals surface area contributed by atoms with E-state index in [0.717, 1.165) is 18.1 Å². The van der Waals surface area contributed by atoms with E-state index in [1.165, 1.54) is 5.56 Å². The second-order valence-electron chi connectivity index (χ2n) is 4.34. The van der Waals surface area contributed by atoms with Gasteiger partial charge in [-0.2, -0.15) is 0 Å². The normalized spacial score (nSPS) is 10.5. The fourth-order valence-corrected chi connectivity index (χ4v) is 1.99. The van der Waals surface area contributed by atoms with E-state index in [1.54, 1.807) is 12.4 Å². The summed E-state index contributed by atoms with van der Waals surface area (Å²) in [6, 6.07) is 7.82. The Labute approximate surface area is 118 Å². The van der Waals surface area contributed by atoms with Crippen LogP contribution >= 0.6 is 11.6 Å². The quantitative estimate of drug-likeness (QED) is 0.911. The molecule has 4 nitrogen and oxygen atoms in total. The van der Waals surface area contributed by atoms with Gasteiger partial charge in [0.2, 0.25) is 0 Å². The number of aromatic nitrogens is 2. The second-order valence-corrected chi connectivity index (χ2v) is 4.75. The van der Waals surface area contributed by atoms with Crippen LogP contribution in [-0.4, -0.2) is 24.1 Å². The number of nitrogens with one attached hydrogen (secondary N) is 1. The molecule has 0 radical (unpaired) electrons. The second kappa shape index (κ2) is 6.50. The fraction of sp³-hybridized carbons (Fsp3) is 0.286. The molecule has 5 heteroatoms. The molecule has 100 valence electrons. The molecule has 2 aromatic rings. The van der Waals surface area contributed by atoms with Crippen molar-refractivity contribution in [1.29, 1.82) is 0 Å². The van der Waals surface area contributed by atoms with Gasteiger partial charge in [0.1, 0.15) is 5.82 Å². The van der Waals surface area contributed by atoms with E-state index in [-0.39, 0.29) is 0 Å². The number of anilines is 1. The van der Waals surface area contributed by atoms with E-state index >= 15 is 0 Å². The van der Waals surface area contributed by atoms with Crippen LogP contribution in [0.3, 0.4) is 0 Å². The molecular formula is C14H17ClN4. The highest BCUT2D eigenvalue weighted by molar-refractivity contribution is 6.31. The summed E-state index contributed by atoms with van der Waals surface area (Å²) in [5.74, 6) is 0.909. The van der Waals surface area contributed by atoms with Gasteiger partial charge < -0.3 is 10.2 Å². The topological polar surface area (TPSA) is 41.1 Å². The van der Waals surface area contributed by atoms with Gasteiger partial charge in [-0.25, -0.2) is 4.98 Å². The van der Waals surface area contributed by atoms with Crippen molar-refractivity contribution in [2.75, 3.05) is 19.0 Å². The predicted octanol–water partition coefficient (Wildman–Crippen LogP) is 2.49. The first kappa shape index (κ1) is 13.8. The van der Waals surface area contributed by atoms with Crippen molar-refractivity contribution in [3.63, 3.8) is 0 Å². The van der Waals surface area contributed by atoms with Crippen molar-refractivity contribution in [3.8, 4) is 0 Å². The Morgan fingerprint density at radius 3 is 2.63 bits per heavy atom. The average Bonchev–Trinajstić information content (AvgIpc) is 2.42. The van der Waals surface area contributed by atoms with Crippen LogP contribution in [0.1, 0.15) is 11.3 Å². The lowest BCUT2D eigenvalue weighted by molar-refractivity contribution is 0.783. The average molecular weight is 277 g/mol. The molecule has 2 aromatic heterocycles. The van der Waals surface area contributed by atoms with Crippen LogP contribution in [0.5, 0.6) is 0 Å². The summed E-state index contributed by atoms with van der Waals surface area (Å²) in [5, 5.41) is 3.76. The summed E-state index contributed by atoms with van der Waals surface area (Å²) >= 11 is 6.11. The van der Waals surface area contributed by atoms with Crippen molar-refractivity contribution >= 4 is 17.4 Å². The van der Waals surface area contributed by atoms with E-state index in [9.17, 15) is 0 Å². The molecule has 0 saturated carbocycles. The number of hydrogen-bond acceptors (Lipinski definition) is 4. The molecule has 1 N–H and O–H groups in total. The maximum Gasteiger partial charge on any atom is 0.129 e. The smallest absolute Gasteiger partial charge is 0.129 e. The number of pyridine rings is 2. The monoisotopic (exact) mass is 276 g/mol. The van der Waals surface area contributed by atoms with Gasteiger partial charge in [-0.05, 0) is 36.9 Å². The number of nitrogens with zero attached hydrogens (tertiary/aromatic N) is 3. The molecule has 2 rings (SSSR count). The van der Waals surface area contributed by atoms with E-state index in [4.69, 9.17) is 11.6 Å². The molecule has 0 saturated heterocycles. The minimum atomic E-state index is 0.662. The number of hydrogen-bond donors (Lipinski definition) is 1. The number of halogens is 1. The molecule has 19 heavy (non-hydrogen) atoms. The van der Waals surface area contributed by atoms with Gasteiger partial charge in [0, 0.05) is 32.5 Å². The molecule has 2 heterocycles. The van der Waals surface area contributed by atoms with Gasteiger partial charge in [-0.15, -0.1) is 0 Å². The summed E-state index contributed by atoms with van der Waals surface area (Å²) in [4.78, 5) is 10.7. The van der Waals surface area contributed by atoms with Crippen molar-refractivity contribution in [3.05, 3.63) is 52.9 Å². The van der Waals surface area contributed by atoms with Crippen molar-refractivity contribution < 1.29 is 0 Å². The first-order valence-electron chi connectivity index (χ1n) is 6.11. The Hall–Kier alpha value is -1.65. The van der Waals surface area contributed by atoms with E-state index < -0.39 is 0 Å². The Balaban J connectivity index is 2.15. The summed E-state index contributed by atoms with van der Waals surface area (Å²) in [6.07, 6.45) is 3.59. The van der Waals surface area contributed by atoms with Crippen LogP contribution in [0, 0.1) is 0 Å². The molecule has 0 amide bonds. The molecule has 0 aliphatic heterocycles. The first-order chi connectivity index (χ1) is 9.20. The van der Waals surface area contributed by atoms with Gasteiger partial charge in [0.15, 0.2) is 0 Å². The molecule has 0 aliphatic carbocycles. The SMILES string of the molecule is CNCc1nc(N(C)Cc2ccncc2)ccc1Cl. The minimum absolute atomic E-state index is 0.662. The van der Waals surface area contributed by atoms with Crippen LogP contribution in [0.2, 0.25) is 5.02 Å². The zero-order valence-electron chi connectivity index (χ0n) is 11.1. The summed E-state index contributed by atoms with van der Waals surface area (Å²) < 4.78 is 0. The highest BCUT2D eigenvalue weighted by Crippen LogP contribution is 2.19. The standard InChI is InChI=1S/C14H17ClN4/c1-16-9-13-12(15)3-4-14(18-13)19(2)10-11-5-7-17-8-6-11/h3-8,16H,9-10H2,1-2H3. The molecule has 0 aromatic carbocycles. The van der Waals surface area contributed by atoms with Crippen molar-refractivity contribution in [2.24, 2.45) is 0 Å². The highest BCUT2D eigenvalue weighted by Gasteiger charge is 2.07. The van der Waals surface area contributed by atoms with Crippen LogP contribution in [0.15, 0.2) is 36.7 Å². The molecule has 0 atom stereocenters. The lowest BCUT2D eigenvalue weighted by atomic mass is 10.2. The van der Waals surface area contributed by atoms with E-state index in [1.807, 2.05) is 38.4 Å². The Morgan fingerprint density at radius 1 is 1.21 bits per heavy atom. The fourth-order valence-electron chi connectivity index (χ4n) is 1.82. The minimum Gasteiger partial charge on any atom is -0.355 e. The summed E-state index contributed by atoms with van der Waals surface area (Å²) in [6.45, 7) is 1.45. The summed E-state index contributed by atoms with van der Waals surface area (Å²) in [7, 11) is 3.89. The third-order valence-corrected chi connectivity index (χ3v) is 3.15. The first-order valence-corrected chi connectivity index (χ1v) is 6.48. The lowest BCUT2D eigenvalue weighted by Gasteiger charge is -2.19. The van der Waals surface area contributed by atoms with Gasteiger partial charge in [0.25, 0.3) is 0 Å². The molecule has 0 bridgehead atoms. The molecule has 0 aliphatic rings. The maximum absolute atomic E-state index is 6.11. The van der Waals surface area contributed by atoms with Crippen LogP contribution in [-0.2, 0) is 13.1 Å². The Kier molecular flexibility index (Phi) is 4.71. The van der Waals surface area contributed by atoms with Crippen LogP contribution < -0.4 is 10.2 Å². The Bertz CT molecular complexity index is 530. The van der Waals surface area contributed by atoms with Crippen molar-refractivity contribution in [1.82, 2.24) is 15.3 Å². The zero-order chi connectivity index (χ0) is 13.7. The Morgan fingerprint density at radius 2 is 1.95 bits per heavy atom. The highest BCUT2D eigenvalue weighted by atomic mass is 35.5. The molecular weight excluding hydrogens is 260 g/mol. The molecule has 0 fully saturated rings. The van der Waals surface area contributed by atoms with Gasteiger partial charge in [-0.3, -0.25) is 4.98 Å². The molecule has 0 unspecified atom stereocenters. The zero-order valence-corrected chi connectivity index (χ0v) is 11.9. The van der Waals surface area contributed by atoms with Crippen LogP contribution in [0.4, 0.5) is 5.82 Å². The predicted molar refractivity (Wildman–Crippen MR) is 78.4 cm³/mol. The van der Waals surface area contributed by atoms with Gasteiger partial charge in [0.05, 0.1) is 10.7 Å². The largest absolute Gasteiger partial charge is 0.355 e. The van der Waals surface area contributed by atoms with Gasteiger partial charge >= 0.3 is 0 Å². The molecule has 0 spiro atoms. The lowest BCUT2D eigenvalue weighted by Crippen LogP contribution is -2.19. The number of rotatable bonds is 5. The summed E-state index contributed by atoms with van der Waals surface area (Å²) in [5.41, 5.74) is 2.06. The van der Waals surface area contributed by atoms with E-state index in [0.29, 0.717) is 11.6 Å².